The first-order valence-corrected chi connectivity index (χ1v) is 11.6. The van der Waals surface area contributed by atoms with Crippen LogP contribution in [0, 0.1) is 0 Å². The van der Waals surface area contributed by atoms with Crippen molar-refractivity contribution in [2.45, 2.75) is 11.7 Å². The van der Waals surface area contributed by atoms with Crippen molar-refractivity contribution >= 4 is 65.0 Å². The summed E-state index contributed by atoms with van der Waals surface area (Å²) in [6, 6.07) is 12.1. The van der Waals surface area contributed by atoms with E-state index in [2.05, 4.69) is 16.4 Å². The molecule has 1 aromatic heterocycles. The van der Waals surface area contributed by atoms with Gasteiger partial charge in [-0.05, 0) is 17.9 Å². The third-order valence-electron chi connectivity index (χ3n) is 4.17. The summed E-state index contributed by atoms with van der Waals surface area (Å²) in [5, 5.41) is 5.63. The molecule has 130 valence electrons. The molecule has 0 saturated carbocycles. The van der Waals surface area contributed by atoms with E-state index in [1.54, 1.807) is 0 Å². The van der Waals surface area contributed by atoms with Crippen LogP contribution in [0.5, 0.6) is 0 Å². The molecule has 4 rings (SSSR count). The Hall–Kier alpha value is -1.64. The van der Waals surface area contributed by atoms with Crippen molar-refractivity contribution < 1.29 is 13.2 Å². The molecule has 8 heteroatoms. The number of rotatable bonds is 4. The van der Waals surface area contributed by atoms with Crippen molar-refractivity contribution in [2.75, 3.05) is 22.6 Å². The number of amides is 1. The fourth-order valence-corrected chi connectivity index (χ4v) is 7.30. The van der Waals surface area contributed by atoms with Crippen molar-refractivity contribution in [2.24, 2.45) is 0 Å². The van der Waals surface area contributed by atoms with Gasteiger partial charge in [0.2, 0.25) is 5.91 Å². The molecular formula is C17H16N2O3S3. The first-order valence-electron chi connectivity index (χ1n) is 7.90. The van der Waals surface area contributed by atoms with E-state index in [-0.39, 0.29) is 28.4 Å². The van der Waals surface area contributed by atoms with E-state index >= 15 is 0 Å². The number of nitrogens with zero attached hydrogens (tertiary/aromatic N) is 1. The van der Waals surface area contributed by atoms with Crippen LogP contribution >= 0.6 is 23.1 Å². The highest BCUT2D eigenvalue weighted by Gasteiger charge is 2.28. The van der Waals surface area contributed by atoms with Crippen LogP contribution in [0.15, 0.2) is 36.4 Å². The maximum Gasteiger partial charge on any atom is 0.236 e. The highest BCUT2D eigenvalue weighted by molar-refractivity contribution is 8.02. The van der Waals surface area contributed by atoms with Gasteiger partial charge in [0.25, 0.3) is 0 Å². The second-order valence-electron chi connectivity index (χ2n) is 6.04. The van der Waals surface area contributed by atoms with Crippen molar-refractivity contribution in [3.63, 3.8) is 0 Å². The van der Waals surface area contributed by atoms with Crippen molar-refractivity contribution in [3.8, 4) is 0 Å². The molecule has 2 heterocycles. The first kappa shape index (κ1) is 16.8. The Kier molecular flexibility index (Phi) is 4.43. The smallest absolute Gasteiger partial charge is 0.236 e. The molecule has 1 fully saturated rings. The number of carbonyl (C=O) groups is 1. The van der Waals surface area contributed by atoms with E-state index in [1.807, 2.05) is 30.3 Å². The molecular weight excluding hydrogens is 376 g/mol. The fourth-order valence-electron chi connectivity index (χ4n) is 2.96. The zero-order valence-corrected chi connectivity index (χ0v) is 15.7. The molecule has 1 aliphatic heterocycles. The summed E-state index contributed by atoms with van der Waals surface area (Å²) >= 11 is 2.86. The minimum atomic E-state index is -2.90. The molecule has 1 saturated heterocycles. The zero-order chi connectivity index (χ0) is 17.4. The summed E-state index contributed by atoms with van der Waals surface area (Å²) in [7, 11) is -2.90. The summed E-state index contributed by atoms with van der Waals surface area (Å²) < 4.78 is 24.0. The second-order valence-corrected chi connectivity index (χ2v) is 10.6. The molecule has 2 aromatic carbocycles. The molecule has 0 aliphatic carbocycles. The molecule has 1 unspecified atom stereocenters. The minimum absolute atomic E-state index is 0.0232. The average Bonchev–Trinajstić information content (AvgIpc) is 3.15. The fraction of sp³-hybridized carbons (Fsp3) is 0.294. The summed E-state index contributed by atoms with van der Waals surface area (Å²) in [5.74, 6) is 0.518. The molecule has 1 amide bonds. The average molecular weight is 393 g/mol. The molecule has 1 atom stereocenters. The SMILES string of the molecule is O=C(CSC1CCS(=O)(=O)C1)Nc1nc2c(ccc3ccccc32)s1. The van der Waals surface area contributed by atoms with Crippen molar-refractivity contribution in [1.82, 2.24) is 4.98 Å². The number of sulfone groups is 1. The van der Waals surface area contributed by atoms with Gasteiger partial charge in [-0.1, -0.05) is 41.7 Å². The molecule has 1 aliphatic rings. The van der Waals surface area contributed by atoms with Crippen LogP contribution in [-0.4, -0.2) is 41.8 Å². The number of anilines is 1. The number of fused-ring (bicyclic) bond motifs is 3. The Bertz CT molecular complexity index is 1060. The number of thiazole rings is 1. The number of benzene rings is 2. The Morgan fingerprint density at radius 1 is 1.28 bits per heavy atom. The van der Waals surface area contributed by atoms with Gasteiger partial charge >= 0.3 is 0 Å². The van der Waals surface area contributed by atoms with Gasteiger partial charge in [0, 0.05) is 10.6 Å². The number of nitrogens with one attached hydrogen (secondary N) is 1. The number of carbonyl (C=O) groups excluding carboxylic acids is 1. The lowest BCUT2D eigenvalue weighted by molar-refractivity contribution is -0.113. The largest absolute Gasteiger partial charge is 0.301 e. The van der Waals surface area contributed by atoms with Gasteiger partial charge in [0.15, 0.2) is 15.0 Å². The summed E-state index contributed by atoms with van der Waals surface area (Å²) in [6.07, 6.45) is 0.632. The number of thioether (sulfide) groups is 1. The van der Waals surface area contributed by atoms with E-state index in [1.165, 1.54) is 23.1 Å². The van der Waals surface area contributed by atoms with Gasteiger partial charge < -0.3 is 5.32 Å². The van der Waals surface area contributed by atoms with E-state index in [0.717, 1.165) is 21.0 Å². The Balaban J connectivity index is 1.45. The van der Waals surface area contributed by atoms with Crippen molar-refractivity contribution in [3.05, 3.63) is 36.4 Å². The van der Waals surface area contributed by atoms with E-state index in [9.17, 15) is 13.2 Å². The third-order valence-corrected chi connectivity index (χ3v) is 8.39. The number of hydrogen-bond donors (Lipinski definition) is 1. The molecule has 5 nitrogen and oxygen atoms in total. The minimum Gasteiger partial charge on any atom is -0.301 e. The lowest BCUT2D eigenvalue weighted by Gasteiger charge is -2.06. The Morgan fingerprint density at radius 3 is 2.92 bits per heavy atom. The predicted molar refractivity (Wildman–Crippen MR) is 105 cm³/mol. The topological polar surface area (TPSA) is 76.1 Å². The molecule has 0 spiro atoms. The maximum absolute atomic E-state index is 12.2. The monoisotopic (exact) mass is 392 g/mol. The Labute approximate surface area is 153 Å². The standard InChI is InChI=1S/C17H16N2O3S3/c20-15(9-23-12-7-8-25(21,22)10-12)18-17-19-16-13-4-2-1-3-11(13)5-6-14(16)24-17/h1-6,12H,7-10H2,(H,18,19,20). The van der Waals surface area contributed by atoms with E-state index in [4.69, 9.17) is 0 Å². The van der Waals surface area contributed by atoms with Crippen LogP contribution in [0.2, 0.25) is 0 Å². The first-order chi connectivity index (χ1) is 12.0. The number of hydrogen-bond acceptors (Lipinski definition) is 6. The zero-order valence-electron chi connectivity index (χ0n) is 13.3. The summed E-state index contributed by atoms with van der Waals surface area (Å²) in [5.41, 5.74) is 0.896. The summed E-state index contributed by atoms with van der Waals surface area (Å²) in [4.78, 5) is 16.7. The van der Waals surface area contributed by atoms with Crippen LogP contribution in [0.4, 0.5) is 5.13 Å². The van der Waals surface area contributed by atoms with Gasteiger partial charge in [-0.3, -0.25) is 4.79 Å². The molecule has 0 bridgehead atoms. The van der Waals surface area contributed by atoms with Gasteiger partial charge in [0.05, 0.1) is 27.5 Å². The van der Waals surface area contributed by atoms with Crippen LogP contribution in [-0.2, 0) is 14.6 Å². The summed E-state index contributed by atoms with van der Waals surface area (Å²) in [6.45, 7) is 0. The van der Waals surface area contributed by atoms with Gasteiger partial charge in [0.1, 0.15) is 0 Å². The van der Waals surface area contributed by atoms with Gasteiger partial charge in [-0.25, -0.2) is 13.4 Å². The maximum atomic E-state index is 12.2. The van der Waals surface area contributed by atoms with Crippen LogP contribution in [0.1, 0.15) is 6.42 Å². The highest BCUT2D eigenvalue weighted by Crippen LogP contribution is 2.32. The third kappa shape index (κ3) is 3.65. The molecule has 1 N–H and O–H groups in total. The van der Waals surface area contributed by atoms with E-state index < -0.39 is 9.84 Å². The van der Waals surface area contributed by atoms with Crippen LogP contribution in [0.3, 0.4) is 0 Å². The van der Waals surface area contributed by atoms with Crippen molar-refractivity contribution in [1.29, 1.82) is 0 Å². The van der Waals surface area contributed by atoms with Gasteiger partial charge in [-0.15, -0.1) is 11.8 Å². The number of aromatic nitrogens is 1. The van der Waals surface area contributed by atoms with E-state index in [0.29, 0.717) is 11.6 Å². The quantitative estimate of drug-likeness (QED) is 0.737. The molecule has 0 radical (unpaired) electrons. The predicted octanol–water partition coefficient (Wildman–Crippen LogP) is 3.31. The lowest BCUT2D eigenvalue weighted by Crippen LogP contribution is -2.17. The van der Waals surface area contributed by atoms with Gasteiger partial charge in [-0.2, -0.15) is 0 Å². The van der Waals surface area contributed by atoms with Crippen LogP contribution < -0.4 is 5.32 Å². The normalized spacial score (nSPS) is 19.4. The highest BCUT2D eigenvalue weighted by atomic mass is 32.2. The molecule has 25 heavy (non-hydrogen) atoms. The molecule has 3 aromatic rings. The Morgan fingerprint density at radius 2 is 2.12 bits per heavy atom. The lowest BCUT2D eigenvalue weighted by atomic mass is 10.1. The second kappa shape index (κ2) is 6.59. The van der Waals surface area contributed by atoms with Crippen LogP contribution in [0.25, 0.3) is 21.0 Å².